The van der Waals surface area contributed by atoms with Gasteiger partial charge in [0.1, 0.15) is 18.0 Å². The fourth-order valence-corrected chi connectivity index (χ4v) is 5.96. The third-order valence-corrected chi connectivity index (χ3v) is 8.12. The molecule has 12 heteroatoms. The molecule has 3 aliphatic heterocycles. The van der Waals surface area contributed by atoms with Crippen LogP contribution in [0.15, 0.2) is 36.8 Å². The van der Waals surface area contributed by atoms with E-state index in [2.05, 4.69) is 20.3 Å². The average Bonchev–Trinajstić information content (AvgIpc) is 3.22. The number of halogens is 3. The quantitative estimate of drug-likeness (QED) is 0.408. The van der Waals surface area contributed by atoms with Crippen molar-refractivity contribution in [3.05, 3.63) is 53.5 Å². The molecule has 6 rings (SSSR count). The number of rotatable bonds is 3. The molecule has 2 saturated heterocycles. The number of amides is 1. The Morgan fingerprint density at radius 3 is 2.52 bits per heavy atom. The predicted molar refractivity (Wildman–Crippen MR) is 151 cm³/mol. The lowest BCUT2D eigenvalue weighted by Crippen LogP contribution is -2.55. The van der Waals surface area contributed by atoms with Crippen LogP contribution in [0.25, 0.3) is 11.1 Å². The van der Waals surface area contributed by atoms with Crippen molar-refractivity contribution in [2.45, 2.75) is 64.0 Å². The van der Waals surface area contributed by atoms with Crippen molar-refractivity contribution in [1.82, 2.24) is 24.6 Å². The first-order valence-electron chi connectivity index (χ1n) is 14.2. The summed E-state index contributed by atoms with van der Waals surface area (Å²) >= 11 is 0. The zero-order valence-electron chi connectivity index (χ0n) is 24.2. The number of alkyl halides is 3. The lowest BCUT2D eigenvalue weighted by molar-refractivity contribution is -0.139. The molecule has 9 nitrogen and oxygen atoms in total. The lowest BCUT2D eigenvalue weighted by atomic mass is 9.86. The number of nitrogens with one attached hydrogen (secondary N) is 1. The minimum absolute atomic E-state index is 0.0421. The summed E-state index contributed by atoms with van der Waals surface area (Å²) in [4.78, 5) is 20.9. The Bertz CT molecular complexity index is 1480. The molecule has 1 N–H and O–H groups in total. The number of aryl methyl sites for hydroxylation is 1. The van der Waals surface area contributed by atoms with Gasteiger partial charge in [-0.3, -0.25) is 9.58 Å². The number of carbonyl (C=O) groups excluding carboxylic acids is 1. The minimum atomic E-state index is -4.59. The molecule has 3 aromatic rings. The molecule has 0 bridgehead atoms. The standard InChI is InChI=1S/C30H35F3N6O3/c1-29(2,3)42-28(40)38-9-6-21(7-10-38)39-15-20(16-39)18-11-24(30(31,32)33)26-25(12-18)36-27-23(17-41-26)22(5-8-34-27)19-13-35-37(4)14-19/h5,8,11-14,20-21H,6-7,9-10,15-17H2,1-4H3,(H,34,36). The van der Waals surface area contributed by atoms with Crippen molar-refractivity contribution >= 4 is 17.6 Å². The molecular formula is C30H35F3N6O3. The van der Waals surface area contributed by atoms with Crippen molar-refractivity contribution in [1.29, 1.82) is 0 Å². The van der Waals surface area contributed by atoms with Crippen LogP contribution in [-0.4, -0.2) is 68.5 Å². The Morgan fingerprint density at radius 2 is 1.88 bits per heavy atom. The number of hydrogen-bond donors (Lipinski definition) is 1. The van der Waals surface area contributed by atoms with E-state index in [0.717, 1.165) is 24.0 Å². The highest BCUT2D eigenvalue weighted by Gasteiger charge is 2.41. The van der Waals surface area contributed by atoms with Crippen molar-refractivity contribution in [3.63, 3.8) is 0 Å². The van der Waals surface area contributed by atoms with Crippen LogP contribution in [-0.2, 0) is 24.6 Å². The van der Waals surface area contributed by atoms with Gasteiger partial charge in [-0.2, -0.15) is 18.3 Å². The monoisotopic (exact) mass is 584 g/mol. The molecule has 2 fully saturated rings. The average molecular weight is 585 g/mol. The Labute approximate surface area is 242 Å². The summed E-state index contributed by atoms with van der Waals surface area (Å²) in [6, 6.07) is 5.10. The number of ether oxygens (including phenoxy) is 2. The van der Waals surface area contributed by atoms with Gasteiger partial charge in [-0.05, 0) is 62.9 Å². The summed E-state index contributed by atoms with van der Waals surface area (Å²) in [5.74, 6) is 0.207. The van der Waals surface area contributed by atoms with Crippen molar-refractivity contribution in [3.8, 4) is 16.9 Å². The van der Waals surface area contributed by atoms with E-state index in [4.69, 9.17) is 9.47 Å². The second kappa shape index (κ2) is 10.5. The zero-order chi connectivity index (χ0) is 29.8. The molecule has 0 atom stereocenters. The molecular weight excluding hydrogens is 549 g/mol. The number of aromatic nitrogens is 3. The normalized spacial score (nSPS) is 18.3. The van der Waals surface area contributed by atoms with Crippen LogP contribution < -0.4 is 10.1 Å². The highest BCUT2D eigenvalue weighted by atomic mass is 19.4. The first-order valence-corrected chi connectivity index (χ1v) is 14.2. The molecule has 3 aliphatic rings. The summed E-state index contributed by atoms with van der Waals surface area (Å²) in [5.41, 5.74) is 1.85. The van der Waals surface area contributed by atoms with Gasteiger partial charge in [0.05, 0.1) is 17.4 Å². The highest BCUT2D eigenvalue weighted by molar-refractivity contribution is 5.77. The van der Waals surface area contributed by atoms with Crippen molar-refractivity contribution in [2.75, 3.05) is 31.5 Å². The molecule has 0 aliphatic carbocycles. The second-order valence-corrected chi connectivity index (χ2v) is 12.3. The number of carbonyl (C=O) groups is 1. The minimum Gasteiger partial charge on any atom is -0.486 e. The predicted octanol–water partition coefficient (Wildman–Crippen LogP) is 5.94. The van der Waals surface area contributed by atoms with Crippen LogP contribution in [0, 0.1) is 0 Å². The summed E-state index contributed by atoms with van der Waals surface area (Å²) < 4.78 is 56.0. The molecule has 0 radical (unpaired) electrons. The summed E-state index contributed by atoms with van der Waals surface area (Å²) in [6.07, 6.45) is 1.90. The molecule has 0 saturated carbocycles. The molecule has 224 valence electrons. The van der Waals surface area contributed by atoms with Gasteiger partial charge in [0.25, 0.3) is 0 Å². The van der Waals surface area contributed by atoms with E-state index in [1.54, 1.807) is 35.1 Å². The first-order chi connectivity index (χ1) is 19.9. The number of nitrogens with zero attached hydrogens (tertiary/aromatic N) is 5. The van der Waals surface area contributed by atoms with Crippen molar-refractivity contribution < 1.29 is 27.4 Å². The third-order valence-electron chi connectivity index (χ3n) is 8.12. The van der Waals surface area contributed by atoms with Gasteiger partial charge in [0.2, 0.25) is 0 Å². The Balaban J connectivity index is 1.19. The number of fused-ring (bicyclic) bond motifs is 2. The van der Waals surface area contributed by atoms with Gasteiger partial charge in [-0.1, -0.05) is 0 Å². The van der Waals surface area contributed by atoms with Gasteiger partial charge in [-0.15, -0.1) is 0 Å². The van der Waals surface area contributed by atoms with Gasteiger partial charge >= 0.3 is 12.3 Å². The zero-order valence-corrected chi connectivity index (χ0v) is 24.2. The van der Waals surface area contributed by atoms with E-state index in [1.165, 1.54) is 6.07 Å². The van der Waals surface area contributed by atoms with Crippen LogP contribution in [0.3, 0.4) is 0 Å². The third kappa shape index (κ3) is 5.64. The Kier molecular flexibility index (Phi) is 7.07. The lowest BCUT2D eigenvalue weighted by Gasteiger charge is -2.47. The SMILES string of the molecule is Cn1cc(-c2ccnc3c2COc2c(cc(C4CN(C5CCN(C(=O)OC(C)(C)C)CC5)C4)cc2C(F)(F)F)N3)cn1. The summed E-state index contributed by atoms with van der Waals surface area (Å²) in [6.45, 7) is 8.01. The Morgan fingerprint density at radius 1 is 1.14 bits per heavy atom. The van der Waals surface area contributed by atoms with Gasteiger partial charge in [0.15, 0.2) is 5.75 Å². The molecule has 2 aromatic heterocycles. The molecule has 5 heterocycles. The van der Waals surface area contributed by atoms with E-state index in [0.29, 0.717) is 43.1 Å². The maximum atomic E-state index is 14.3. The molecule has 1 amide bonds. The van der Waals surface area contributed by atoms with Gasteiger partial charge in [-0.25, -0.2) is 9.78 Å². The maximum Gasteiger partial charge on any atom is 0.420 e. The molecule has 0 unspecified atom stereocenters. The van der Waals surface area contributed by atoms with Crippen LogP contribution >= 0.6 is 0 Å². The topological polar surface area (TPSA) is 84.8 Å². The van der Waals surface area contributed by atoms with Crippen LogP contribution in [0.1, 0.15) is 56.2 Å². The van der Waals surface area contributed by atoms with Gasteiger partial charge < -0.3 is 19.7 Å². The van der Waals surface area contributed by atoms with E-state index in [1.807, 2.05) is 33.0 Å². The van der Waals surface area contributed by atoms with E-state index in [9.17, 15) is 18.0 Å². The second-order valence-electron chi connectivity index (χ2n) is 12.3. The maximum absolute atomic E-state index is 14.3. The molecule has 42 heavy (non-hydrogen) atoms. The summed E-state index contributed by atoms with van der Waals surface area (Å²) in [7, 11) is 1.81. The van der Waals surface area contributed by atoms with Crippen LogP contribution in [0.5, 0.6) is 5.75 Å². The fourth-order valence-electron chi connectivity index (χ4n) is 5.96. The van der Waals surface area contributed by atoms with Crippen molar-refractivity contribution in [2.24, 2.45) is 7.05 Å². The molecule has 1 aromatic carbocycles. The number of anilines is 2. The first kappa shape index (κ1) is 28.3. The largest absolute Gasteiger partial charge is 0.486 e. The van der Waals surface area contributed by atoms with Gasteiger partial charge in [0, 0.05) is 68.7 Å². The number of pyridine rings is 1. The van der Waals surface area contributed by atoms with Crippen LogP contribution in [0.4, 0.5) is 29.5 Å². The van der Waals surface area contributed by atoms with E-state index in [-0.39, 0.29) is 36.1 Å². The fraction of sp³-hybridized carbons (Fsp3) is 0.500. The number of benzene rings is 1. The summed E-state index contributed by atoms with van der Waals surface area (Å²) in [5, 5.41) is 7.38. The molecule has 0 spiro atoms. The highest BCUT2D eigenvalue weighted by Crippen LogP contribution is 2.47. The van der Waals surface area contributed by atoms with E-state index >= 15 is 0 Å². The van der Waals surface area contributed by atoms with Crippen LogP contribution in [0.2, 0.25) is 0 Å². The number of hydrogen-bond acceptors (Lipinski definition) is 7. The number of likely N-dealkylation sites (tertiary alicyclic amines) is 2. The Hall–Kier alpha value is -3.80. The number of piperidine rings is 1. The smallest absolute Gasteiger partial charge is 0.420 e. The van der Waals surface area contributed by atoms with E-state index < -0.39 is 17.3 Å².